The van der Waals surface area contributed by atoms with E-state index in [4.69, 9.17) is 0 Å². The summed E-state index contributed by atoms with van der Waals surface area (Å²) in [5, 5.41) is 11.5. The molecule has 0 spiro atoms. The molecular weight excluding hydrogens is 371 g/mol. The minimum Gasteiger partial charge on any atom is -0.425 e. The van der Waals surface area contributed by atoms with Gasteiger partial charge in [-0.25, -0.2) is 9.37 Å². The molecule has 0 unspecified atom stereocenters. The predicted molar refractivity (Wildman–Crippen MR) is 109 cm³/mol. The summed E-state index contributed by atoms with van der Waals surface area (Å²) in [6, 6.07) is 8.22. The van der Waals surface area contributed by atoms with E-state index in [0.717, 1.165) is 47.1 Å². The van der Waals surface area contributed by atoms with Crippen LogP contribution in [0.1, 0.15) is 24.0 Å². The Morgan fingerprint density at radius 1 is 1.07 bits per heavy atom. The summed E-state index contributed by atoms with van der Waals surface area (Å²) in [4.78, 5) is 19.1. The molecule has 5 rings (SSSR count). The van der Waals surface area contributed by atoms with Crippen LogP contribution in [-0.2, 0) is 13.1 Å². The normalized spacial score (nSPS) is 14.9. The summed E-state index contributed by atoms with van der Waals surface area (Å²) in [7, 11) is 0. The molecule has 1 aliphatic rings. The van der Waals surface area contributed by atoms with Crippen LogP contribution >= 0.6 is 0 Å². The Balaban J connectivity index is 1.69. The molecule has 0 radical (unpaired) electrons. The van der Waals surface area contributed by atoms with Crippen molar-refractivity contribution in [1.29, 1.82) is 0 Å². The fourth-order valence-corrected chi connectivity index (χ4v) is 4.27. The predicted octanol–water partition coefficient (Wildman–Crippen LogP) is 3.37. The van der Waals surface area contributed by atoms with Crippen molar-refractivity contribution in [2.24, 2.45) is 0 Å². The third kappa shape index (κ3) is 3.17. The SMILES string of the molecule is O=c1c2ncc3c(c(CN4CCCC4)cn3Cc3ccc(F)cc3)c2ccn1O. The Bertz CT molecular complexity index is 1250. The van der Waals surface area contributed by atoms with Crippen LogP contribution in [0, 0.1) is 5.82 Å². The molecule has 0 saturated carbocycles. The number of pyridine rings is 2. The van der Waals surface area contributed by atoms with Gasteiger partial charge < -0.3 is 9.77 Å². The second-order valence-electron chi connectivity index (χ2n) is 7.64. The lowest BCUT2D eigenvalue weighted by molar-refractivity contribution is 0.176. The zero-order chi connectivity index (χ0) is 20.0. The molecule has 1 saturated heterocycles. The maximum Gasteiger partial charge on any atom is 0.309 e. The molecule has 1 N–H and O–H groups in total. The van der Waals surface area contributed by atoms with Crippen LogP contribution in [0.4, 0.5) is 4.39 Å². The van der Waals surface area contributed by atoms with Gasteiger partial charge in [0.05, 0.1) is 11.7 Å². The Labute approximate surface area is 166 Å². The van der Waals surface area contributed by atoms with E-state index in [1.165, 1.54) is 31.2 Å². The molecule has 1 aliphatic heterocycles. The summed E-state index contributed by atoms with van der Waals surface area (Å²) < 4.78 is 15.9. The van der Waals surface area contributed by atoms with Gasteiger partial charge in [0.2, 0.25) is 0 Å². The molecule has 4 aromatic rings. The van der Waals surface area contributed by atoms with E-state index in [0.29, 0.717) is 11.3 Å². The number of aromatic nitrogens is 3. The van der Waals surface area contributed by atoms with E-state index in [1.807, 2.05) is 0 Å². The van der Waals surface area contributed by atoms with E-state index in [2.05, 4.69) is 20.6 Å². The second-order valence-corrected chi connectivity index (χ2v) is 7.64. The second kappa shape index (κ2) is 7.00. The van der Waals surface area contributed by atoms with E-state index in [1.54, 1.807) is 24.4 Å². The van der Waals surface area contributed by atoms with Crippen LogP contribution in [0.3, 0.4) is 0 Å². The number of fused-ring (bicyclic) bond motifs is 3. The van der Waals surface area contributed by atoms with Crippen LogP contribution in [0.5, 0.6) is 0 Å². The quantitative estimate of drug-likeness (QED) is 0.541. The Morgan fingerprint density at radius 3 is 2.59 bits per heavy atom. The molecule has 1 aromatic carbocycles. The van der Waals surface area contributed by atoms with Gasteiger partial charge in [0, 0.05) is 36.3 Å². The smallest absolute Gasteiger partial charge is 0.309 e. The number of hydrogen-bond acceptors (Lipinski definition) is 4. The van der Waals surface area contributed by atoms with Gasteiger partial charge in [-0.2, -0.15) is 4.73 Å². The Morgan fingerprint density at radius 2 is 1.83 bits per heavy atom. The Kier molecular flexibility index (Phi) is 4.32. The summed E-state index contributed by atoms with van der Waals surface area (Å²) in [5.41, 5.74) is 2.77. The number of likely N-dealkylation sites (tertiary alicyclic amines) is 1. The van der Waals surface area contributed by atoms with Crippen LogP contribution in [0.15, 0.2) is 53.7 Å². The zero-order valence-electron chi connectivity index (χ0n) is 15.9. The average molecular weight is 392 g/mol. The van der Waals surface area contributed by atoms with Gasteiger partial charge in [0.15, 0.2) is 0 Å². The third-order valence-corrected chi connectivity index (χ3v) is 5.69. The highest BCUT2D eigenvalue weighted by molar-refractivity contribution is 6.06. The molecule has 6 nitrogen and oxygen atoms in total. The van der Waals surface area contributed by atoms with Crippen molar-refractivity contribution in [2.75, 3.05) is 13.1 Å². The molecule has 4 heterocycles. The molecule has 0 amide bonds. The van der Waals surface area contributed by atoms with E-state index >= 15 is 0 Å². The minimum absolute atomic E-state index is 0.254. The van der Waals surface area contributed by atoms with Crippen molar-refractivity contribution in [3.8, 4) is 0 Å². The Hall–Kier alpha value is -3.19. The highest BCUT2D eigenvalue weighted by Crippen LogP contribution is 2.29. The number of benzene rings is 1. The summed E-state index contributed by atoms with van der Waals surface area (Å²) >= 11 is 0. The number of hydrogen-bond donors (Lipinski definition) is 1. The van der Waals surface area contributed by atoms with Crippen LogP contribution < -0.4 is 5.56 Å². The first-order valence-corrected chi connectivity index (χ1v) is 9.78. The van der Waals surface area contributed by atoms with Crippen molar-refractivity contribution < 1.29 is 9.60 Å². The van der Waals surface area contributed by atoms with Crippen molar-refractivity contribution >= 4 is 21.8 Å². The molecular formula is C22H21FN4O2. The van der Waals surface area contributed by atoms with Gasteiger partial charge >= 0.3 is 5.56 Å². The van der Waals surface area contributed by atoms with Crippen LogP contribution in [0.25, 0.3) is 21.8 Å². The number of nitrogens with zero attached hydrogens (tertiary/aromatic N) is 4. The monoisotopic (exact) mass is 392 g/mol. The van der Waals surface area contributed by atoms with Gasteiger partial charge in [-0.1, -0.05) is 12.1 Å². The van der Waals surface area contributed by atoms with Gasteiger partial charge in [0.25, 0.3) is 0 Å². The number of rotatable bonds is 4. The standard InChI is InChI=1S/C22H21FN4O2/c23-17-5-3-15(4-6-17)12-26-14-16(13-25-8-1-2-9-25)20-18-7-10-27(29)22(28)21(18)24-11-19(20)26/h3-7,10-11,14,29H,1-2,8-9,12-13H2. The summed E-state index contributed by atoms with van der Waals surface area (Å²) in [6.07, 6.45) is 7.56. The first-order valence-electron chi connectivity index (χ1n) is 9.78. The minimum atomic E-state index is -0.525. The number of halogens is 1. The molecule has 0 atom stereocenters. The van der Waals surface area contributed by atoms with Gasteiger partial charge in [0.1, 0.15) is 11.3 Å². The molecule has 7 heteroatoms. The fraction of sp³-hybridized carbons (Fsp3) is 0.273. The lowest BCUT2D eigenvalue weighted by atomic mass is 10.1. The van der Waals surface area contributed by atoms with Crippen molar-refractivity contribution in [1.82, 2.24) is 19.2 Å². The highest BCUT2D eigenvalue weighted by Gasteiger charge is 2.19. The molecule has 3 aromatic heterocycles. The van der Waals surface area contributed by atoms with Crippen molar-refractivity contribution in [3.63, 3.8) is 0 Å². The molecule has 29 heavy (non-hydrogen) atoms. The summed E-state index contributed by atoms with van der Waals surface area (Å²) in [5.74, 6) is -0.256. The van der Waals surface area contributed by atoms with Crippen molar-refractivity contribution in [3.05, 3.63) is 76.2 Å². The summed E-state index contributed by atoms with van der Waals surface area (Å²) in [6.45, 7) is 3.52. The topological polar surface area (TPSA) is 63.3 Å². The van der Waals surface area contributed by atoms with E-state index in [-0.39, 0.29) is 11.3 Å². The molecule has 0 bridgehead atoms. The van der Waals surface area contributed by atoms with Crippen LogP contribution in [0.2, 0.25) is 0 Å². The van der Waals surface area contributed by atoms with E-state index in [9.17, 15) is 14.4 Å². The molecule has 1 fully saturated rings. The fourth-order valence-electron chi connectivity index (χ4n) is 4.27. The molecule has 148 valence electrons. The maximum absolute atomic E-state index is 13.3. The van der Waals surface area contributed by atoms with Crippen LogP contribution in [-0.4, -0.2) is 37.5 Å². The van der Waals surface area contributed by atoms with Gasteiger partial charge in [-0.3, -0.25) is 9.69 Å². The van der Waals surface area contributed by atoms with E-state index < -0.39 is 5.56 Å². The third-order valence-electron chi connectivity index (χ3n) is 5.69. The zero-order valence-corrected chi connectivity index (χ0v) is 15.9. The van der Waals surface area contributed by atoms with Gasteiger partial charge in [-0.05, 0) is 55.3 Å². The lowest BCUT2D eigenvalue weighted by Crippen LogP contribution is -2.19. The van der Waals surface area contributed by atoms with Crippen molar-refractivity contribution in [2.45, 2.75) is 25.9 Å². The highest BCUT2D eigenvalue weighted by atomic mass is 19.1. The largest absolute Gasteiger partial charge is 0.425 e. The maximum atomic E-state index is 13.3. The lowest BCUT2D eigenvalue weighted by Gasteiger charge is -2.14. The average Bonchev–Trinajstić information content (AvgIpc) is 3.35. The first kappa shape index (κ1) is 17.9. The molecule has 0 aliphatic carbocycles. The van der Waals surface area contributed by atoms with Gasteiger partial charge in [-0.15, -0.1) is 0 Å². The first-order chi connectivity index (χ1) is 14.1.